The fraction of sp³-hybridized carbons (Fsp3) is 0.933. The van der Waals surface area contributed by atoms with Crippen molar-refractivity contribution in [2.75, 3.05) is 13.6 Å². The number of rotatable bonds is 3. The van der Waals surface area contributed by atoms with Crippen molar-refractivity contribution in [1.82, 2.24) is 9.80 Å². The standard InChI is InChI=1S/C15H26N2O2/c1-16-11-5-6-12(16)9-14(8-11)17-7-3-2-4-13(17)10-15(18)19/h11-14H,2-10H2,1H3,(H,18,19). The van der Waals surface area contributed by atoms with E-state index in [0.29, 0.717) is 18.5 Å². The molecule has 3 unspecified atom stereocenters. The first kappa shape index (κ1) is 13.4. The van der Waals surface area contributed by atoms with Gasteiger partial charge in [0.1, 0.15) is 0 Å². The van der Waals surface area contributed by atoms with Gasteiger partial charge >= 0.3 is 5.97 Å². The molecule has 3 saturated heterocycles. The van der Waals surface area contributed by atoms with E-state index >= 15 is 0 Å². The second-order valence-electron chi connectivity index (χ2n) is 6.66. The van der Waals surface area contributed by atoms with Crippen molar-refractivity contribution in [3.63, 3.8) is 0 Å². The average molecular weight is 266 g/mol. The Morgan fingerprint density at radius 1 is 1.11 bits per heavy atom. The van der Waals surface area contributed by atoms with Crippen LogP contribution in [0.2, 0.25) is 0 Å². The summed E-state index contributed by atoms with van der Waals surface area (Å²) >= 11 is 0. The Hall–Kier alpha value is -0.610. The fourth-order valence-electron chi connectivity index (χ4n) is 4.58. The third kappa shape index (κ3) is 2.65. The van der Waals surface area contributed by atoms with Crippen molar-refractivity contribution in [3.05, 3.63) is 0 Å². The molecule has 0 saturated carbocycles. The van der Waals surface area contributed by atoms with Crippen molar-refractivity contribution >= 4 is 5.97 Å². The van der Waals surface area contributed by atoms with E-state index in [-0.39, 0.29) is 0 Å². The Morgan fingerprint density at radius 3 is 2.42 bits per heavy atom. The van der Waals surface area contributed by atoms with Crippen LogP contribution < -0.4 is 0 Å². The predicted molar refractivity (Wildman–Crippen MR) is 74.2 cm³/mol. The summed E-state index contributed by atoms with van der Waals surface area (Å²) in [5.41, 5.74) is 0. The predicted octanol–water partition coefficient (Wildman–Crippen LogP) is 1.94. The quantitative estimate of drug-likeness (QED) is 0.848. The summed E-state index contributed by atoms with van der Waals surface area (Å²) in [6.07, 6.45) is 9.05. The average Bonchev–Trinajstić information content (AvgIpc) is 2.62. The molecule has 3 aliphatic heterocycles. The second-order valence-corrected chi connectivity index (χ2v) is 6.66. The smallest absolute Gasteiger partial charge is 0.304 e. The van der Waals surface area contributed by atoms with E-state index in [1.165, 1.54) is 38.5 Å². The number of likely N-dealkylation sites (tertiary alicyclic amines) is 1. The van der Waals surface area contributed by atoms with E-state index in [4.69, 9.17) is 5.11 Å². The molecule has 108 valence electrons. The van der Waals surface area contributed by atoms with Crippen LogP contribution in [0.1, 0.15) is 51.4 Å². The normalized spacial score (nSPS) is 40.5. The minimum atomic E-state index is -0.632. The number of nitrogens with zero attached hydrogens (tertiary/aromatic N) is 2. The maximum absolute atomic E-state index is 11.1. The van der Waals surface area contributed by atoms with E-state index in [0.717, 1.165) is 25.0 Å². The molecule has 3 fully saturated rings. The lowest BCUT2D eigenvalue weighted by molar-refractivity contribution is -0.139. The summed E-state index contributed by atoms with van der Waals surface area (Å²) in [6.45, 7) is 1.12. The molecular formula is C15H26N2O2. The van der Waals surface area contributed by atoms with Crippen LogP contribution in [0, 0.1) is 0 Å². The van der Waals surface area contributed by atoms with Crippen molar-refractivity contribution in [2.45, 2.75) is 75.5 Å². The largest absolute Gasteiger partial charge is 0.481 e. The van der Waals surface area contributed by atoms with Crippen molar-refractivity contribution in [1.29, 1.82) is 0 Å². The number of aliphatic carboxylic acids is 1. The Kier molecular flexibility index (Phi) is 3.81. The van der Waals surface area contributed by atoms with E-state index in [9.17, 15) is 4.79 Å². The van der Waals surface area contributed by atoms with Crippen LogP contribution in [0.5, 0.6) is 0 Å². The SMILES string of the molecule is CN1C2CCC1CC(N1CCCCC1CC(=O)O)C2. The molecule has 2 bridgehead atoms. The van der Waals surface area contributed by atoms with Crippen LogP contribution in [0.4, 0.5) is 0 Å². The lowest BCUT2D eigenvalue weighted by Crippen LogP contribution is -2.53. The molecule has 0 radical (unpaired) electrons. The highest BCUT2D eigenvalue weighted by atomic mass is 16.4. The summed E-state index contributed by atoms with van der Waals surface area (Å²) in [6, 6.07) is 2.42. The highest BCUT2D eigenvalue weighted by Crippen LogP contribution is 2.38. The molecule has 0 aromatic heterocycles. The molecule has 0 aliphatic carbocycles. The Balaban J connectivity index is 1.68. The molecule has 19 heavy (non-hydrogen) atoms. The first-order valence-corrected chi connectivity index (χ1v) is 7.84. The Morgan fingerprint density at radius 2 is 1.79 bits per heavy atom. The minimum Gasteiger partial charge on any atom is -0.481 e. The zero-order valence-electron chi connectivity index (χ0n) is 11.9. The van der Waals surface area contributed by atoms with Gasteiger partial charge in [-0.15, -0.1) is 0 Å². The summed E-state index contributed by atoms with van der Waals surface area (Å²) in [4.78, 5) is 16.2. The summed E-state index contributed by atoms with van der Waals surface area (Å²) < 4.78 is 0. The number of hydrogen-bond donors (Lipinski definition) is 1. The molecule has 3 heterocycles. The zero-order valence-corrected chi connectivity index (χ0v) is 11.9. The van der Waals surface area contributed by atoms with E-state index in [1.807, 2.05) is 0 Å². The van der Waals surface area contributed by atoms with Crippen LogP contribution >= 0.6 is 0 Å². The van der Waals surface area contributed by atoms with Crippen molar-refractivity contribution in [2.24, 2.45) is 0 Å². The molecule has 3 aliphatic rings. The first-order valence-electron chi connectivity index (χ1n) is 7.84. The third-order valence-corrected chi connectivity index (χ3v) is 5.63. The third-order valence-electron chi connectivity index (χ3n) is 5.63. The highest BCUT2D eigenvalue weighted by Gasteiger charge is 2.42. The van der Waals surface area contributed by atoms with Crippen LogP contribution in [-0.4, -0.2) is 58.6 Å². The van der Waals surface area contributed by atoms with E-state index in [1.54, 1.807) is 0 Å². The monoisotopic (exact) mass is 266 g/mol. The van der Waals surface area contributed by atoms with Gasteiger partial charge in [-0.05, 0) is 52.1 Å². The highest BCUT2D eigenvalue weighted by molar-refractivity contribution is 5.67. The molecular weight excluding hydrogens is 240 g/mol. The fourth-order valence-corrected chi connectivity index (χ4v) is 4.58. The van der Waals surface area contributed by atoms with Gasteiger partial charge in [0.05, 0.1) is 6.42 Å². The molecule has 1 N–H and O–H groups in total. The molecule has 0 spiro atoms. The number of carbonyl (C=O) groups is 1. The van der Waals surface area contributed by atoms with Gasteiger partial charge in [0.2, 0.25) is 0 Å². The summed E-state index contributed by atoms with van der Waals surface area (Å²) in [5.74, 6) is -0.632. The molecule has 3 rings (SSSR count). The van der Waals surface area contributed by atoms with Crippen LogP contribution in [-0.2, 0) is 4.79 Å². The topological polar surface area (TPSA) is 43.8 Å². The minimum absolute atomic E-state index is 0.291. The summed E-state index contributed by atoms with van der Waals surface area (Å²) in [5, 5.41) is 9.11. The maximum atomic E-state index is 11.1. The Bertz CT molecular complexity index is 333. The van der Waals surface area contributed by atoms with Gasteiger partial charge in [-0.2, -0.15) is 0 Å². The number of hydrogen-bond acceptors (Lipinski definition) is 3. The number of fused-ring (bicyclic) bond motifs is 2. The van der Waals surface area contributed by atoms with Gasteiger partial charge in [-0.1, -0.05) is 6.42 Å². The van der Waals surface area contributed by atoms with Crippen molar-refractivity contribution in [3.8, 4) is 0 Å². The number of carboxylic acids is 1. The van der Waals surface area contributed by atoms with Gasteiger partial charge in [0.15, 0.2) is 0 Å². The molecule has 4 heteroatoms. The lowest BCUT2D eigenvalue weighted by Gasteiger charge is -2.46. The van der Waals surface area contributed by atoms with Crippen LogP contribution in [0.25, 0.3) is 0 Å². The van der Waals surface area contributed by atoms with Crippen LogP contribution in [0.15, 0.2) is 0 Å². The Labute approximate surface area is 115 Å². The molecule has 4 nitrogen and oxygen atoms in total. The van der Waals surface area contributed by atoms with Crippen LogP contribution in [0.3, 0.4) is 0 Å². The van der Waals surface area contributed by atoms with E-state index in [2.05, 4.69) is 16.8 Å². The summed E-state index contributed by atoms with van der Waals surface area (Å²) in [7, 11) is 2.27. The molecule has 0 aromatic rings. The van der Waals surface area contributed by atoms with Gasteiger partial charge in [0, 0.05) is 24.2 Å². The van der Waals surface area contributed by atoms with Crippen molar-refractivity contribution < 1.29 is 9.90 Å². The van der Waals surface area contributed by atoms with Gasteiger partial charge in [-0.25, -0.2) is 0 Å². The number of piperidine rings is 2. The maximum Gasteiger partial charge on any atom is 0.304 e. The van der Waals surface area contributed by atoms with Gasteiger partial charge in [-0.3, -0.25) is 9.69 Å². The molecule has 3 atom stereocenters. The van der Waals surface area contributed by atoms with E-state index < -0.39 is 5.97 Å². The lowest BCUT2D eigenvalue weighted by atomic mass is 9.90. The zero-order chi connectivity index (χ0) is 13.4. The molecule has 0 aromatic carbocycles. The van der Waals surface area contributed by atoms with Gasteiger partial charge < -0.3 is 10.0 Å². The second kappa shape index (κ2) is 5.41. The first-order chi connectivity index (χ1) is 9.15. The number of carboxylic acid groups (broad SMARTS) is 1. The molecule has 0 amide bonds. The van der Waals surface area contributed by atoms with Gasteiger partial charge in [0.25, 0.3) is 0 Å².